The predicted octanol–water partition coefficient (Wildman–Crippen LogP) is 1.96. The van der Waals surface area contributed by atoms with Crippen LogP contribution in [-0.2, 0) is 6.18 Å². The lowest BCUT2D eigenvalue weighted by molar-refractivity contribution is -0.145. The molecule has 1 aromatic rings. The Morgan fingerprint density at radius 3 is 2.81 bits per heavy atom. The molecule has 1 unspecified atom stereocenters. The van der Waals surface area contributed by atoms with Crippen LogP contribution in [0.25, 0.3) is 0 Å². The lowest BCUT2D eigenvalue weighted by Crippen LogP contribution is -2.29. The molecule has 0 bridgehead atoms. The van der Waals surface area contributed by atoms with Gasteiger partial charge in [0.15, 0.2) is 0 Å². The highest BCUT2D eigenvalue weighted by Crippen LogP contribution is 2.28. The molecule has 1 N–H and O–H groups in total. The van der Waals surface area contributed by atoms with Gasteiger partial charge in [-0.3, -0.25) is 0 Å². The van der Waals surface area contributed by atoms with Gasteiger partial charge in [0.2, 0.25) is 5.82 Å². The van der Waals surface area contributed by atoms with Crippen LogP contribution in [0.2, 0.25) is 0 Å². The van der Waals surface area contributed by atoms with Gasteiger partial charge < -0.3 is 5.32 Å². The fraction of sp³-hybridized carbons (Fsp3) is 0.600. The van der Waals surface area contributed by atoms with Gasteiger partial charge in [-0.15, -0.1) is 0 Å². The van der Waals surface area contributed by atoms with E-state index < -0.39 is 12.0 Å². The predicted molar refractivity (Wildman–Crippen MR) is 51.9 cm³/mol. The standard InChI is InChI=1S/C10H12F3N3/c11-10(12,13)9-15-5-3-8(16-9)7-2-1-4-14-6-7/h3,5,7,14H,1-2,4,6H2. The number of nitrogens with one attached hydrogen (secondary N) is 1. The molecule has 0 spiro atoms. The fourth-order valence-electron chi connectivity index (χ4n) is 1.84. The summed E-state index contributed by atoms with van der Waals surface area (Å²) >= 11 is 0. The zero-order chi connectivity index (χ0) is 11.6. The lowest BCUT2D eigenvalue weighted by atomic mass is 9.96. The van der Waals surface area contributed by atoms with Gasteiger partial charge in [-0.25, -0.2) is 9.97 Å². The molecule has 1 aromatic heterocycles. The van der Waals surface area contributed by atoms with Crippen molar-refractivity contribution in [3.05, 3.63) is 23.8 Å². The Kier molecular flexibility index (Phi) is 3.09. The van der Waals surface area contributed by atoms with Crippen LogP contribution in [0.5, 0.6) is 0 Å². The van der Waals surface area contributed by atoms with Gasteiger partial charge >= 0.3 is 6.18 Å². The molecule has 2 heterocycles. The molecule has 16 heavy (non-hydrogen) atoms. The molecule has 1 aliphatic heterocycles. The molecule has 1 aliphatic rings. The Bertz CT molecular complexity index is 359. The molecular formula is C10H12F3N3. The summed E-state index contributed by atoms with van der Waals surface area (Å²) in [7, 11) is 0. The highest BCUT2D eigenvalue weighted by Gasteiger charge is 2.35. The monoisotopic (exact) mass is 231 g/mol. The second kappa shape index (κ2) is 4.37. The van der Waals surface area contributed by atoms with Gasteiger partial charge in [0, 0.05) is 24.4 Å². The van der Waals surface area contributed by atoms with Gasteiger partial charge in [-0.2, -0.15) is 13.2 Å². The van der Waals surface area contributed by atoms with E-state index in [0.717, 1.165) is 19.4 Å². The van der Waals surface area contributed by atoms with Crippen molar-refractivity contribution >= 4 is 0 Å². The molecule has 2 rings (SSSR count). The van der Waals surface area contributed by atoms with Crippen LogP contribution >= 0.6 is 0 Å². The Morgan fingerprint density at radius 1 is 1.38 bits per heavy atom. The summed E-state index contributed by atoms with van der Waals surface area (Å²) in [6.45, 7) is 1.61. The van der Waals surface area contributed by atoms with E-state index in [-0.39, 0.29) is 5.92 Å². The fourth-order valence-corrected chi connectivity index (χ4v) is 1.84. The number of alkyl halides is 3. The number of piperidine rings is 1. The smallest absolute Gasteiger partial charge is 0.316 e. The van der Waals surface area contributed by atoms with Crippen LogP contribution in [0.15, 0.2) is 12.3 Å². The number of hydrogen-bond donors (Lipinski definition) is 1. The van der Waals surface area contributed by atoms with Gasteiger partial charge in [-0.05, 0) is 25.5 Å². The molecule has 0 aliphatic carbocycles. The molecular weight excluding hydrogens is 219 g/mol. The Labute approximate surface area is 91.1 Å². The van der Waals surface area contributed by atoms with Gasteiger partial charge in [0.25, 0.3) is 0 Å². The summed E-state index contributed by atoms with van der Waals surface area (Å²) in [6, 6.07) is 1.56. The third-order valence-corrected chi connectivity index (χ3v) is 2.65. The van der Waals surface area contributed by atoms with E-state index in [1.54, 1.807) is 6.07 Å². The average molecular weight is 231 g/mol. The summed E-state index contributed by atoms with van der Waals surface area (Å²) in [5, 5.41) is 3.15. The van der Waals surface area contributed by atoms with Crippen molar-refractivity contribution in [2.75, 3.05) is 13.1 Å². The first-order chi connectivity index (χ1) is 7.57. The van der Waals surface area contributed by atoms with E-state index in [1.165, 1.54) is 6.20 Å². The highest BCUT2D eigenvalue weighted by atomic mass is 19.4. The van der Waals surface area contributed by atoms with Crippen LogP contribution in [0.4, 0.5) is 13.2 Å². The zero-order valence-corrected chi connectivity index (χ0v) is 8.59. The summed E-state index contributed by atoms with van der Waals surface area (Å²) < 4.78 is 37.2. The molecule has 0 aromatic carbocycles. The SMILES string of the molecule is FC(F)(F)c1nccc(C2CCCNC2)n1. The van der Waals surface area contributed by atoms with Gasteiger partial charge in [-0.1, -0.05) is 0 Å². The lowest BCUT2D eigenvalue weighted by Gasteiger charge is -2.22. The topological polar surface area (TPSA) is 37.8 Å². The number of rotatable bonds is 1. The maximum absolute atomic E-state index is 12.4. The van der Waals surface area contributed by atoms with Crippen molar-refractivity contribution < 1.29 is 13.2 Å². The normalized spacial score (nSPS) is 22.1. The maximum Gasteiger partial charge on any atom is 0.451 e. The van der Waals surface area contributed by atoms with Crippen molar-refractivity contribution in [1.82, 2.24) is 15.3 Å². The van der Waals surface area contributed by atoms with E-state index in [2.05, 4.69) is 15.3 Å². The van der Waals surface area contributed by atoms with E-state index in [1.807, 2.05) is 0 Å². The van der Waals surface area contributed by atoms with Crippen molar-refractivity contribution in [1.29, 1.82) is 0 Å². The molecule has 1 atom stereocenters. The summed E-state index contributed by atoms with van der Waals surface area (Å²) in [5.74, 6) is -0.978. The number of aromatic nitrogens is 2. The first-order valence-electron chi connectivity index (χ1n) is 5.18. The molecule has 1 fully saturated rings. The third kappa shape index (κ3) is 2.49. The second-order valence-electron chi connectivity index (χ2n) is 3.85. The summed E-state index contributed by atoms with van der Waals surface area (Å²) in [4.78, 5) is 6.84. The van der Waals surface area contributed by atoms with Crippen LogP contribution in [0, 0.1) is 0 Å². The maximum atomic E-state index is 12.4. The highest BCUT2D eigenvalue weighted by molar-refractivity contribution is 5.11. The van der Waals surface area contributed by atoms with Crippen LogP contribution < -0.4 is 5.32 Å². The largest absolute Gasteiger partial charge is 0.451 e. The minimum absolute atomic E-state index is 0.0675. The first-order valence-corrected chi connectivity index (χ1v) is 5.18. The zero-order valence-electron chi connectivity index (χ0n) is 8.59. The van der Waals surface area contributed by atoms with Crippen LogP contribution in [-0.4, -0.2) is 23.1 Å². The second-order valence-corrected chi connectivity index (χ2v) is 3.85. The van der Waals surface area contributed by atoms with E-state index in [4.69, 9.17) is 0 Å². The molecule has 1 saturated heterocycles. The number of halogens is 3. The first kappa shape index (κ1) is 11.3. The van der Waals surface area contributed by atoms with E-state index in [9.17, 15) is 13.2 Å². The Balaban J connectivity index is 2.21. The van der Waals surface area contributed by atoms with E-state index in [0.29, 0.717) is 12.2 Å². The molecule has 0 saturated carbocycles. The van der Waals surface area contributed by atoms with Crippen molar-refractivity contribution in [2.24, 2.45) is 0 Å². The number of nitrogens with zero attached hydrogens (tertiary/aromatic N) is 2. The molecule has 6 heteroatoms. The number of hydrogen-bond acceptors (Lipinski definition) is 3. The van der Waals surface area contributed by atoms with Gasteiger partial charge in [0.1, 0.15) is 0 Å². The minimum atomic E-state index is -4.46. The minimum Gasteiger partial charge on any atom is -0.316 e. The molecule has 88 valence electrons. The van der Waals surface area contributed by atoms with Gasteiger partial charge in [0.05, 0.1) is 0 Å². The summed E-state index contributed by atoms with van der Waals surface area (Å²) in [5.41, 5.74) is 0.481. The molecule has 3 nitrogen and oxygen atoms in total. The Hall–Kier alpha value is -1.17. The average Bonchev–Trinajstić information content (AvgIpc) is 2.29. The van der Waals surface area contributed by atoms with Crippen molar-refractivity contribution in [3.63, 3.8) is 0 Å². The third-order valence-electron chi connectivity index (χ3n) is 2.65. The summed E-state index contributed by atoms with van der Waals surface area (Å²) in [6.07, 6.45) is -1.44. The van der Waals surface area contributed by atoms with Crippen LogP contribution in [0.1, 0.15) is 30.3 Å². The molecule has 0 radical (unpaired) electrons. The quantitative estimate of drug-likeness (QED) is 0.802. The molecule has 0 amide bonds. The Morgan fingerprint density at radius 2 is 2.19 bits per heavy atom. The van der Waals surface area contributed by atoms with Crippen molar-refractivity contribution in [3.8, 4) is 0 Å². The van der Waals surface area contributed by atoms with Crippen LogP contribution in [0.3, 0.4) is 0 Å². The van der Waals surface area contributed by atoms with E-state index >= 15 is 0 Å². The van der Waals surface area contributed by atoms with Crippen molar-refractivity contribution in [2.45, 2.75) is 24.9 Å².